The molecule has 0 aliphatic carbocycles. The quantitative estimate of drug-likeness (QED) is 0.633. The van der Waals surface area contributed by atoms with Gasteiger partial charge in [0, 0.05) is 11.8 Å². The van der Waals surface area contributed by atoms with Gasteiger partial charge in [-0.25, -0.2) is 9.37 Å². The predicted molar refractivity (Wildman–Crippen MR) is 74.1 cm³/mol. The molecule has 0 fully saturated rings. The number of carbonyl (C=O) groups is 1. The van der Waals surface area contributed by atoms with E-state index in [0.717, 1.165) is 24.4 Å². The lowest BCUT2D eigenvalue weighted by Crippen LogP contribution is -2.32. The summed E-state index contributed by atoms with van der Waals surface area (Å²) in [5, 5.41) is 0.615. The van der Waals surface area contributed by atoms with Crippen molar-refractivity contribution >= 4 is 11.7 Å². The Morgan fingerprint density at radius 1 is 1.26 bits per heavy atom. The second kappa shape index (κ2) is 6.74. The normalized spacial score (nSPS) is 11.3. The van der Waals surface area contributed by atoms with Crippen LogP contribution in [-0.4, -0.2) is 17.5 Å². The summed E-state index contributed by atoms with van der Waals surface area (Å²) in [6.45, 7) is 1.57. The summed E-state index contributed by atoms with van der Waals surface area (Å²) in [7, 11) is 0. The summed E-state index contributed by atoms with van der Waals surface area (Å²) in [5.74, 6) is -1.81. The van der Waals surface area contributed by atoms with Crippen LogP contribution in [0.4, 0.5) is 23.4 Å². The van der Waals surface area contributed by atoms with E-state index in [1.165, 1.54) is 12.1 Å². The highest BCUT2D eigenvalue weighted by atomic mass is 19.4. The Kier molecular flexibility index (Phi) is 4.95. The van der Waals surface area contributed by atoms with Gasteiger partial charge in [-0.2, -0.15) is 18.2 Å². The minimum absolute atomic E-state index is 0.0129. The second-order valence-electron chi connectivity index (χ2n) is 4.43. The third-order valence-corrected chi connectivity index (χ3v) is 2.80. The van der Waals surface area contributed by atoms with Crippen LogP contribution in [0.25, 0.3) is 0 Å². The number of alkyl halides is 3. The molecule has 0 saturated heterocycles. The highest BCUT2D eigenvalue weighted by molar-refractivity contribution is 6.04. The van der Waals surface area contributed by atoms with Gasteiger partial charge in [0.05, 0.1) is 12.2 Å². The number of pyridine rings is 1. The van der Waals surface area contributed by atoms with Crippen LogP contribution >= 0.6 is 0 Å². The summed E-state index contributed by atoms with van der Waals surface area (Å²) in [6.07, 6.45) is -3.67. The topological polar surface area (TPSA) is 42.4 Å². The van der Waals surface area contributed by atoms with Crippen LogP contribution in [-0.2, 0) is 11.0 Å². The van der Waals surface area contributed by atoms with E-state index in [-0.39, 0.29) is 18.0 Å². The van der Waals surface area contributed by atoms with Crippen LogP contribution in [0.2, 0.25) is 0 Å². The summed E-state index contributed by atoms with van der Waals surface area (Å²) in [4.78, 5) is 21.2. The Morgan fingerprint density at radius 3 is 2.61 bits per heavy atom. The van der Waals surface area contributed by atoms with Crippen LogP contribution in [0, 0.1) is 5.82 Å². The Morgan fingerprint density at radius 2 is 2.00 bits per heavy atom. The number of carbonyl (C=O) groups excluding carboxylic acids is 1. The molecule has 0 aliphatic heterocycles. The molecule has 2 aromatic rings. The minimum atomic E-state index is -4.59. The van der Waals surface area contributed by atoms with E-state index in [4.69, 9.17) is 4.84 Å². The molecule has 122 valence electrons. The number of halogens is 4. The second-order valence-corrected chi connectivity index (χ2v) is 4.43. The molecule has 23 heavy (non-hydrogen) atoms. The zero-order valence-electron chi connectivity index (χ0n) is 12.0. The molecule has 1 amide bonds. The number of hydrogen-bond donors (Lipinski definition) is 0. The first-order valence-corrected chi connectivity index (χ1v) is 6.59. The van der Waals surface area contributed by atoms with Gasteiger partial charge in [-0.05, 0) is 37.3 Å². The SMILES string of the molecule is CCON(C(=O)c1cccc(F)c1)c1cc(C(F)(F)F)ccn1. The highest BCUT2D eigenvalue weighted by Crippen LogP contribution is 2.31. The van der Waals surface area contributed by atoms with Crippen LogP contribution in [0.5, 0.6) is 0 Å². The standard InChI is InChI=1S/C15H12F4N2O2/c1-2-23-21(14(22)10-4-3-5-12(16)8-10)13-9-11(6-7-20-13)15(17,18)19/h3-9H,2H2,1H3. The number of nitrogens with zero attached hydrogens (tertiary/aromatic N) is 2. The van der Waals surface area contributed by atoms with Gasteiger partial charge in [-0.3, -0.25) is 9.63 Å². The van der Waals surface area contributed by atoms with Crippen molar-refractivity contribution in [1.82, 2.24) is 4.98 Å². The largest absolute Gasteiger partial charge is 0.416 e. The molecule has 8 heteroatoms. The van der Waals surface area contributed by atoms with Crippen LogP contribution < -0.4 is 5.06 Å². The molecule has 0 bridgehead atoms. The molecule has 0 spiro atoms. The van der Waals surface area contributed by atoms with Gasteiger partial charge in [0.25, 0.3) is 5.91 Å². The fourth-order valence-electron chi connectivity index (χ4n) is 1.80. The monoisotopic (exact) mass is 328 g/mol. The first-order chi connectivity index (χ1) is 10.8. The number of aromatic nitrogens is 1. The summed E-state index contributed by atoms with van der Waals surface area (Å²) < 4.78 is 51.5. The number of benzene rings is 1. The molecule has 0 N–H and O–H groups in total. The fourth-order valence-corrected chi connectivity index (χ4v) is 1.80. The molecule has 0 saturated carbocycles. The van der Waals surface area contributed by atoms with E-state index in [1.54, 1.807) is 6.92 Å². The van der Waals surface area contributed by atoms with Gasteiger partial charge in [0.2, 0.25) is 0 Å². The lowest BCUT2D eigenvalue weighted by Gasteiger charge is -2.21. The molecule has 0 aliphatic rings. The van der Waals surface area contributed by atoms with E-state index in [1.807, 2.05) is 0 Å². The van der Waals surface area contributed by atoms with Crippen molar-refractivity contribution in [3.63, 3.8) is 0 Å². The molecule has 1 heterocycles. The smallest absolute Gasteiger partial charge is 0.266 e. The number of amides is 1. The number of anilines is 1. The fraction of sp³-hybridized carbons (Fsp3) is 0.200. The van der Waals surface area contributed by atoms with Crippen molar-refractivity contribution in [2.45, 2.75) is 13.1 Å². The number of rotatable bonds is 4. The third-order valence-electron chi connectivity index (χ3n) is 2.80. The van der Waals surface area contributed by atoms with Gasteiger partial charge in [0.1, 0.15) is 5.82 Å². The Balaban J connectivity index is 2.40. The maximum Gasteiger partial charge on any atom is 0.416 e. The van der Waals surface area contributed by atoms with Gasteiger partial charge >= 0.3 is 6.18 Å². The molecular weight excluding hydrogens is 316 g/mol. The molecule has 0 radical (unpaired) electrons. The van der Waals surface area contributed by atoms with E-state index in [0.29, 0.717) is 11.1 Å². The van der Waals surface area contributed by atoms with Crippen molar-refractivity contribution < 1.29 is 27.2 Å². The zero-order valence-corrected chi connectivity index (χ0v) is 12.0. The summed E-state index contributed by atoms with van der Waals surface area (Å²) in [6, 6.07) is 6.21. The van der Waals surface area contributed by atoms with Crippen molar-refractivity contribution in [2.75, 3.05) is 11.7 Å². The highest BCUT2D eigenvalue weighted by Gasteiger charge is 2.32. The van der Waals surface area contributed by atoms with E-state index >= 15 is 0 Å². The average Bonchev–Trinajstić information content (AvgIpc) is 2.51. The maximum absolute atomic E-state index is 13.2. The van der Waals surface area contributed by atoms with Crippen molar-refractivity contribution in [3.05, 3.63) is 59.5 Å². The molecule has 1 aromatic carbocycles. The molecular formula is C15H12F4N2O2. The molecule has 0 atom stereocenters. The Hall–Kier alpha value is -2.48. The summed E-state index contributed by atoms with van der Waals surface area (Å²) >= 11 is 0. The number of hydroxylamine groups is 1. The Labute approximate surface area is 129 Å². The first-order valence-electron chi connectivity index (χ1n) is 6.59. The van der Waals surface area contributed by atoms with Crippen LogP contribution in [0.3, 0.4) is 0 Å². The van der Waals surface area contributed by atoms with Crippen molar-refractivity contribution in [3.8, 4) is 0 Å². The van der Waals surface area contributed by atoms with E-state index in [9.17, 15) is 22.4 Å². The van der Waals surface area contributed by atoms with Crippen LogP contribution in [0.15, 0.2) is 42.6 Å². The van der Waals surface area contributed by atoms with Crippen molar-refractivity contribution in [2.24, 2.45) is 0 Å². The van der Waals surface area contributed by atoms with Crippen molar-refractivity contribution in [1.29, 1.82) is 0 Å². The molecule has 0 unspecified atom stereocenters. The lowest BCUT2D eigenvalue weighted by atomic mass is 10.2. The van der Waals surface area contributed by atoms with Gasteiger partial charge in [-0.15, -0.1) is 0 Å². The van der Waals surface area contributed by atoms with Crippen LogP contribution in [0.1, 0.15) is 22.8 Å². The van der Waals surface area contributed by atoms with E-state index < -0.39 is 23.5 Å². The van der Waals surface area contributed by atoms with Gasteiger partial charge in [-0.1, -0.05) is 6.07 Å². The molecule has 4 nitrogen and oxygen atoms in total. The molecule has 2 rings (SSSR count). The summed E-state index contributed by atoms with van der Waals surface area (Å²) in [5.41, 5.74) is -1.04. The maximum atomic E-state index is 13.2. The van der Waals surface area contributed by atoms with Gasteiger partial charge < -0.3 is 0 Å². The lowest BCUT2D eigenvalue weighted by molar-refractivity contribution is -0.137. The Bertz CT molecular complexity index is 704. The predicted octanol–water partition coefficient (Wildman–Crippen LogP) is 3.84. The zero-order chi connectivity index (χ0) is 17.0. The molecule has 1 aromatic heterocycles. The minimum Gasteiger partial charge on any atom is -0.266 e. The number of hydrogen-bond acceptors (Lipinski definition) is 3. The third kappa shape index (κ3) is 4.04. The average molecular weight is 328 g/mol. The first kappa shape index (κ1) is 16.9. The van der Waals surface area contributed by atoms with Gasteiger partial charge in [0.15, 0.2) is 5.82 Å². The van der Waals surface area contributed by atoms with E-state index in [2.05, 4.69) is 4.98 Å².